The summed E-state index contributed by atoms with van der Waals surface area (Å²) in [6, 6.07) is 24.0. The first kappa shape index (κ1) is 19.4. The average Bonchev–Trinajstić information content (AvgIpc) is 3.12. The van der Waals surface area contributed by atoms with Crippen LogP contribution in [0.3, 0.4) is 0 Å². The second-order valence-electron chi connectivity index (χ2n) is 7.40. The summed E-state index contributed by atoms with van der Waals surface area (Å²) < 4.78 is 3.92. The Morgan fingerprint density at radius 2 is 1.71 bits per heavy atom. The molecule has 2 heterocycles. The van der Waals surface area contributed by atoms with Crippen molar-refractivity contribution in [1.29, 1.82) is 5.26 Å². The molecular weight excluding hydrogens is 404 g/mol. The van der Waals surface area contributed by atoms with E-state index in [2.05, 4.69) is 41.8 Å². The second-order valence-corrected chi connectivity index (χ2v) is 8.71. The van der Waals surface area contributed by atoms with Crippen LogP contribution in [0.4, 0.5) is 0 Å². The lowest BCUT2D eigenvalue weighted by molar-refractivity contribution is 0.815. The van der Waals surface area contributed by atoms with Crippen molar-refractivity contribution >= 4 is 44.5 Å². The summed E-state index contributed by atoms with van der Waals surface area (Å²) in [6.07, 6.45) is 0. The minimum atomic E-state index is -0.329. The zero-order valence-electron chi connectivity index (χ0n) is 17.2. The highest BCUT2D eigenvalue weighted by molar-refractivity contribution is 8.00. The van der Waals surface area contributed by atoms with Gasteiger partial charge in [0.05, 0.1) is 27.9 Å². The van der Waals surface area contributed by atoms with Gasteiger partial charge in [-0.15, -0.1) is 0 Å². The molecule has 0 N–H and O–H groups in total. The van der Waals surface area contributed by atoms with E-state index in [1.165, 1.54) is 17.3 Å². The maximum absolute atomic E-state index is 13.5. The predicted molar refractivity (Wildman–Crippen MR) is 127 cm³/mol. The molecule has 5 aromatic rings. The van der Waals surface area contributed by atoms with E-state index in [-0.39, 0.29) is 10.8 Å². The number of rotatable bonds is 4. The lowest BCUT2D eigenvalue weighted by Gasteiger charge is -2.14. The molecule has 0 aliphatic heterocycles. The van der Waals surface area contributed by atoms with Gasteiger partial charge in [0.2, 0.25) is 0 Å². The number of aryl methyl sites for hydroxylation is 1. The Kier molecular flexibility index (Phi) is 4.76. The molecule has 0 radical (unpaired) electrons. The number of nitriles is 1. The molecule has 0 saturated heterocycles. The SMILES string of the molecule is CCn1c2ccccc2c2cc(-n3c(SC(C)C#N)nc4ccccc4c3=O)ccc21. The minimum Gasteiger partial charge on any atom is -0.341 e. The fraction of sp³-hybridized carbons (Fsp3) is 0.160. The number of para-hydroxylation sites is 2. The van der Waals surface area contributed by atoms with E-state index in [0.717, 1.165) is 28.5 Å². The smallest absolute Gasteiger partial charge is 0.266 e. The highest BCUT2D eigenvalue weighted by Crippen LogP contribution is 2.32. The van der Waals surface area contributed by atoms with Gasteiger partial charge < -0.3 is 4.57 Å². The van der Waals surface area contributed by atoms with Crippen LogP contribution in [0.5, 0.6) is 0 Å². The topological polar surface area (TPSA) is 63.6 Å². The fourth-order valence-electron chi connectivity index (χ4n) is 4.12. The van der Waals surface area contributed by atoms with Crippen LogP contribution in [0, 0.1) is 11.3 Å². The van der Waals surface area contributed by atoms with Gasteiger partial charge in [-0.05, 0) is 50.2 Å². The van der Waals surface area contributed by atoms with Crippen molar-refractivity contribution < 1.29 is 0 Å². The highest BCUT2D eigenvalue weighted by Gasteiger charge is 2.17. The first-order valence-corrected chi connectivity index (χ1v) is 11.1. The Morgan fingerprint density at radius 1 is 1.00 bits per heavy atom. The molecule has 3 aromatic carbocycles. The van der Waals surface area contributed by atoms with E-state index in [1.54, 1.807) is 10.6 Å². The molecule has 152 valence electrons. The van der Waals surface area contributed by atoms with Crippen LogP contribution >= 0.6 is 11.8 Å². The van der Waals surface area contributed by atoms with Crippen LogP contribution < -0.4 is 5.56 Å². The average molecular weight is 425 g/mol. The maximum atomic E-state index is 13.5. The van der Waals surface area contributed by atoms with Crippen molar-refractivity contribution in [3.63, 3.8) is 0 Å². The molecule has 31 heavy (non-hydrogen) atoms. The molecule has 0 saturated carbocycles. The fourth-order valence-corrected chi connectivity index (χ4v) is 4.94. The maximum Gasteiger partial charge on any atom is 0.266 e. The summed E-state index contributed by atoms with van der Waals surface area (Å²) in [5.41, 5.74) is 3.57. The van der Waals surface area contributed by atoms with Crippen molar-refractivity contribution in [2.45, 2.75) is 30.8 Å². The summed E-state index contributed by atoms with van der Waals surface area (Å²) in [4.78, 5) is 18.2. The summed E-state index contributed by atoms with van der Waals surface area (Å²) in [7, 11) is 0. The highest BCUT2D eigenvalue weighted by atomic mass is 32.2. The Morgan fingerprint density at radius 3 is 2.48 bits per heavy atom. The van der Waals surface area contributed by atoms with Crippen LogP contribution in [0.1, 0.15) is 13.8 Å². The van der Waals surface area contributed by atoms with E-state index in [9.17, 15) is 10.1 Å². The van der Waals surface area contributed by atoms with Gasteiger partial charge in [0.1, 0.15) is 0 Å². The molecule has 5 rings (SSSR count). The van der Waals surface area contributed by atoms with Crippen molar-refractivity contribution in [1.82, 2.24) is 14.1 Å². The zero-order valence-corrected chi connectivity index (χ0v) is 18.1. The van der Waals surface area contributed by atoms with E-state index in [1.807, 2.05) is 43.3 Å². The molecule has 0 aliphatic rings. The third kappa shape index (κ3) is 3.09. The van der Waals surface area contributed by atoms with Crippen LogP contribution in [-0.4, -0.2) is 19.4 Å². The minimum absolute atomic E-state index is 0.128. The molecule has 2 aromatic heterocycles. The lowest BCUT2D eigenvalue weighted by atomic mass is 10.1. The Labute approximate surface area is 183 Å². The lowest BCUT2D eigenvalue weighted by Crippen LogP contribution is -2.22. The van der Waals surface area contributed by atoms with Gasteiger partial charge in [0.25, 0.3) is 5.56 Å². The third-order valence-corrected chi connectivity index (χ3v) is 6.48. The van der Waals surface area contributed by atoms with Gasteiger partial charge >= 0.3 is 0 Å². The van der Waals surface area contributed by atoms with E-state index in [4.69, 9.17) is 4.98 Å². The number of benzene rings is 3. The molecule has 1 atom stereocenters. The largest absolute Gasteiger partial charge is 0.341 e. The molecule has 0 amide bonds. The van der Waals surface area contributed by atoms with E-state index in [0.29, 0.717) is 16.1 Å². The monoisotopic (exact) mass is 424 g/mol. The molecule has 0 bridgehead atoms. The first-order valence-electron chi connectivity index (χ1n) is 10.2. The predicted octanol–water partition coefficient (Wildman–Crippen LogP) is 5.52. The standard InChI is InChI=1S/C25H20N4OS/c1-3-28-22-11-7-5-8-18(22)20-14-17(12-13-23(20)28)29-24(30)19-9-4-6-10-21(19)27-25(29)31-16(2)15-26/h4-14,16H,3H2,1-2H3. The number of aromatic nitrogens is 3. The van der Waals surface area contributed by atoms with Crippen LogP contribution in [0.2, 0.25) is 0 Å². The number of fused-ring (bicyclic) bond motifs is 4. The van der Waals surface area contributed by atoms with Gasteiger partial charge in [-0.1, -0.05) is 42.1 Å². The van der Waals surface area contributed by atoms with Crippen LogP contribution in [-0.2, 0) is 6.54 Å². The van der Waals surface area contributed by atoms with Gasteiger partial charge in [0.15, 0.2) is 5.16 Å². The number of thioether (sulfide) groups is 1. The molecular formula is C25H20N4OS. The third-order valence-electron chi connectivity index (χ3n) is 5.54. The Bertz CT molecular complexity index is 1560. The quantitative estimate of drug-likeness (QED) is 0.282. The molecule has 0 fully saturated rings. The van der Waals surface area contributed by atoms with Crippen molar-refractivity contribution in [2.24, 2.45) is 0 Å². The normalized spacial score (nSPS) is 12.4. The molecule has 0 aliphatic carbocycles. The van der Waals surface area contributed by atoms with Gasteiger partial charge in [0, 0.05) is 28.4 Å². The summed E-state index contributed by atoms with van der Waals surface area (Å²) in [5.74, 6) is 0. The summed E-state index contributed by atoms with van der Waals surface area (Å²) >= 11 is 1.30. The first-order chi connectivity index (χ1) is 15.1. The van der Waals surface area contributed by atoms with Gasteiger partial charge in [-0.3, -0.25) is 9.36 Å². The molecule has 0 spiro atoms. The number of nitrogens with zero attached hydrogens (tertiary/aromatic N) is 4. The van der Waals surface area contributed by atoms with E-state index >= 15 is 0 Å². The zero-order chi connectivity index (χ0) is 21.5. The summed E-state index contributed by atoms with van der Waals surface area (Å²) in [6.45, 7) is 4.81. The second kappa shape index (κ2) is 7.60. The van der Waals surface area contributed by atoms with Gasteiger partial charge in [-0.25, -0.2) is 4.98 Å². The van der Waals surface area contributed by atoms with E-state index < -0.39 is 0 Å². The van der Waals surface area contributed by atoms with Crippen molar-refractivity contribution in [3.8, 4) is 11.8 Å². The number of hydrogen-bond acceptors (Lipinski definition) is 4. The Balaban J connectivity index is 1.83. The molecule has 6 heteroatoms. The van der Waals surface area contributed by atoms with Gasteiger partial charge in [-0.2, -0.15) is 5.26 Å². The van der Waals surface area contributed by atoms with Crippen molar-refractivity contribution in [2.75, 3.05) is 0 Å². The molecule has 1 unspecified atom stereocenters. The van der Waals surface area contributed by atoms with Crippen LogP contribution in [0.15, 0.2) is 76.7 Å². The Hall–Kier alpha value is -3.56. The van der Waals surface area contributed by atoms with Crippen LogP contribution in [0.25, 0.3) is 38.4 Å². The number of hydrogen-bond donors (Lipinski definition) is 0. The molecule has 5 nitrogen and oxygen atoms in total. The van der Waals surface area contributed by atoms with Crippen molar-refractivity contribution in [3.05, 3.63) is 77.1 Å². The summed E-state index contributed by atoms with van der Waals surface area (Å²) in [5, 5.41) is 12.4.